The molecule has 0 spiro atoms. The summed E-state index contributed by atoms with van der Waals surface area (Å²) in [4.78, 5) is 25.3. The largest absolute Gasteiger partial charge is 0.494 e. The average Bonchev–Trinajstić information content (AvgIpc) is 3.39. The van der Waals surface area contributed by atoms with Crippen molar-refractivity contribution in [2.75, 3.05) is 26.3 Å². The lowest BCUT2D eigenvalue weighted by atomic mass is 10.1. The first-order chi connectivity index (χ1) is 20.4. The molecule has 1 amide bonds. The first-order valence-corrected chi connectivity index (χ1v) is 13.0. The van der Waals surface area contributed by atoms with Gasteiger partial charge in [0.1, 0.15) is 5.69 Å². The standard InChI is InChI=1S/C30H32FN7O4/c1-5-38(35-32-2)26-13-14-27(42-4)29(31)23(26)16-33-30(40)24-19-37(34-25(24)20-41-3)18-22-11-9-21(10-12-22)17-36-15-7-6-8-28(36)39/h5-15,19H,1,16-18,20H2,2-4H3,(H,33,40). The maximum absolute atomic E-state index is 15.3. The normalized spacial score (nSPS) is 11.0. The Hall–Kier alpha value is -5.10. The first kappa shape index (κ1) is 29.9. The van der Waals surface area contributed by atoms with Gasteiger partial charge in [0.2, 0.25) is 0 Å². The zero-order chi connectivity index (χ0) is 30.1. The van der Waals surface area contributed by atoms with Gasteiger partial charge in [-0.1, -0.05) is 42.1 Å². The maximum atomic E-state index is 15.3. The second kappa shape index (κ2) is 14.0. The number of carbonyl (C=O) groups is 1. The third-order valence-electron chi connectivity index (χ3n) is 6.42. The summed E-state index contributed by atoms with van der Waals surface area (Å²) in [6.45, 7) is 4.52. The highest BCUT2D eigenvalue weighted by Gasteiger charge is 2.21. The van der Waals surface area contributed by atoms with Gasteiger partial charge in [-0.2, -0.15) is 10.2 Å². The molecule has 218 valence electrons. The van der Waals surface area contributed by atoms with Gasteiger partial charge in [-0.3, -0.25) is 14.3 Å². The number of carbonyl (C=O) groups excluding carboxylic acids is 1. The highest BCUT2D eigenvalue weighted by atomic mass is 19.1. The predicted molar refractivity (Wildman–Crippen MR) is 156 cm³/mol. The number of methoxy groups -OCH3 is 2. The zero-order valence-electron chi connectivity index (χ0n) is 23.7. The van der Waals surface area contributed by atoms with Gasteiger partial charge < -0.3 is 19.4 Å². The Labute approximate surface area is 242 Å². The van der Waals surface area contributed by atoms with Crippen molar-refractivity contribution in [3.8, 4) is 5.75 Å². The molecule has 4 aromatic rings. The van der Waals surface area contributed by atoms with Gasteiger partial charge in [-0.15, -0.1) is 0 Å². The van der Waals surface area contributed by atoms with Gasteiger partial charge in [-0.05, 0) is 29.3 Å². The van der Waals surface area contributed by atoms with E-state index in [2.05, 4.69) is 27.3 Å². The summed E-state index contributed by atoms with van der Waals surface area (Å²) in [5.41, 5.74) is 3.10. The molecule has 0 aliphatic carbocycles. The van der Waals surface area contributed by atoms with E-state index < -0.39 is 11.7 Å². The molecule has 0 radical (unpaired) electrons. The fourth-order valence-electron chi connectivity index (χ4n) is 4.37. The van der Waals surface area contributed by atoms with Crippen molar-refractivity contribution in [2.45, 2.75) is 26.2 Å². The number of nitrogens with zero attached hydrogens (tertiary/aromatic N) is 6. The number of hydrogen-bond donors (Lipinski definition) is 1. The van der Waals surface area contributed by atoms with Crippen molar-refractivity contribution in [3.05, 3.63) is 124 Å². The molecule has 2 heterocycles. The quantitative estimate of drug-likeness (QED) is 0.188. The van der Waals surface area contributed by atoms with Crippen molar-refractivity contribution < 1.29 is 18.7 Å². The van der Waals surface area contributed by atoms with Crippen LogP contribution in [-0.2, 0) is 31.0 Å². The number of ether oxygens (including phenoxy) is 2. The third-order valence-corrected chi connectivity index (χ3v) is 6.42. The summed E-state index contributed by atoms with van der Waals surface area (Å²) < 4.78 is 29.0. The van der Waals surface area contributed by atoms with E-state index in [1.807, 2.05) is 30.3 Å². The summed E-state index contributed by atoms with van der Waals surface area (Å²) in [7, 11) is 4.36. The van der Waals surface area contributed by atoms with Crippen LogP contribution in [0, 0.1) is 5.82 Å². The molecule has 0 aliphatic rings. The Morgan fingerprint density at radius 2 is 1.86 bits per heavy atom. The number of amides is 1. The maximum Gasteiger partial charge on any atom is 0.255 e. The van der Waals surface area contributed by atoms with Gasteiger partial charge in [0.05, 0.1) is 45.1 Å². The smallest absolute Gasteiger partial charge is 0.255 e. The van der Waals surface area contributed by atoms with E-state index >= 15 is 4.39 Å². The van der Waals surface area contributed by atoms with Crippen LogP contribution in [0.25, 0.3) is 0 Å². The molecule has 1 N–H and O–H groups in total. The summed E-state index contributed by atoms with van der Waals surface area (Å²) >= 11 is 0. The molecular weight excluding hydrogens is 541 g/mol. The Morgan fingerprint density at radius 3 is 2.50 bits per heavy atom. The van der Waals surface area contributed by atoms with Crippen molar-refractivity contribution in [1.82, 2.24) is 19.7 Å². The number of benzene rings is 2. The van der Waals surface area contributed by atoms with Crippen molar-refractivity contribution in [2.24, 2.45) is 10.3 Å². The van der Waals surface area contributed by atoms with Crippen LogP contribution in [0.1, 0.15) is 32.7 Å². The molecule has 0 unspecified atom stereocenters. The predicted octanol–water partition coefficient (Wildman–Crippen LogP) is 4.31. The average molecular weight is 574 g/mol. The van der Waals surface area contributed by atoms with E-state index in [4.69, 9.17) is 9.47 Å². The van der Waals surface area contributed by atoms with Crippen molar-refractivity contribution >= 4 is 11.6 Å². The Morgan fingerprint density at radius 1 is 1.12 bits per heavy atom. The number of nitrogens with one attached hydrogen (secondary N) is 1. The van der Waals surface area contributed by atoms with Crippen LogP contribution in [0.15, 0.2) is 94.9 Å². The van der Waals surface area contributed by atoms with Gasteiger partial charge in [0.15, 0.2) is 11.6 Å². The van der Waals surface area contributed by atoms with E-state index in [-0.39, 0.29) is 30.0 Å². The summed E-state index contributed by atoms with van der Waals surface area (Å²) in [5.74, 6) is -1.07. The van der Waals surface area contributed by atoms with Gasteiger partial charge in [0.25, 0.3) is 11.5 Å². The highest BCUT2D eigenvalue weighted by molar-refractivity contribution is 5.95. The van der Waals surface area contributed by atoms with Gasteiger partial charge >= 0.3 is 0 Å². The Kier molecular flexibility index (Phi) is 9.95. The summed E-state index contributed by atoms with van der Waals surface area (Å²) in [5, 5.41) is 16.3. The zero-order valence-corrected chi connectivity index (χ0v) is 23.7. The number of anilines is 1. The highest BCUT2D eigenvalue weighted by Crippen LogP contribution is 2.30. The number of pyridine rings is 1. The molecule has 0 atom stereocenters. The molecular formula is C30H32FN7O4. The fourth-order valence-corrected chi connectivity index (χ4v) is 4.37. The number of aromatic nitrogens is 3. The molecule has 0 saturated carbocycles. The molecule has 0 aliphatic heterocycles. The lowest BCUT2D eigenvalue weighted by Gasteiger charge is -2.19. The Bertz CT molecular complexity index is 1630. The minimum atomic E-state index is -0.637. The molecule has 0 bridgehead atoms. The minimum absolute atomic E-state index is 0.0233. The van der Waals surface area contributed by atoms with Crippen LogP contribution in [0.5, 0.6) is 5.75 Å². The van der Waals surface area contributed by atoms with Crippen molar-refractivity contribution in [3.63, 3.8) is 0 Å². The number of hydrogen-bond acceptors (Lipinski definition) is 7. The SMILES string of the molecule is C=CN(N=NC)c1ccc(OC)c(F)c1CNC(=O)c1cn(Cc2ccc(Cn3ccccc3=O)cc2)nc1COC. The van der Waals surface area contributed by atoms with E-state index in [1.54, 1.807) is 33.8 Å². The fraction of sp³-hybridized carbons (Fsp3) is 0.233. The first-order valence-electron chi connectivity index (χ1n) is 13.0. The van der Waals surface area contributed by atoms with Crippen LogP contribution < -0.4 is 20.6 Å². The lowest BCUT2D eigenvalue weighted by molar-refractivity contribution is 0.0945. The van der Waals surface area contributed by atoms with E-state index in [1.165, 1.54) is 44.6 Å². The molecule has 12 heteroatoms. The molecule has 4 rings (SSSR count). The monoisotopic (exact) mass is 573 g/mol. The summed E-state index contributed by atoms with van der Waals surface area (Å²) in [6.07, 6.45) is 4.76. The lowest BCUT2D eigenvalue weighted by Crippen LogP contribution is -2.25. The van der Waals surface area contributed by atoms with Crippen LogP contribution in [0.2, 0.25) is 0 Å². The van der Waals surface area contributed by atoms with E-state index in [0.29, 0.717) is 30.0 Å². The van der Waals surface area contributed by atoms with E-state index in [9.17, 15) is 9.59 Å². The summed E-state index contributed by atoms with van der Waals surface area (Å²) in [6, 6.07) is 15.9. The Balaban J connectivity index is 1.51. The molecule has 42 heavy (non-hydrogen) atoms. The van der Waals surface area contributed by atoms with E-state index in [0.717, 1.165) is 11.1 Å². The van der Waals surface area contributed by atoms with Gasteiger partial charge in [-0.25, -0.2) is 9.40 Å². The number of halogens is 1. The van der Waals surface area contributed by atoms with Crippen LogP contribution in [0.4, 0.5) is 10.1 Å². The molecule has 2 aromatic carbocycles. The second-order valence-corrected chi connectivity index (χ2v) is 9.18. The molecule has 11 nitrogen and oxygen atoms in total. The van der Waals surface area contributed by atoms with Crippen LogP contribution in [0.3, 0.4) is 0 Å². The van der Waals surface area contributed by atoms with Gasteiger partial charge in [0, 0.05) is 43.9 Å². The topological polar surface area (TPSA) is 115 Å². The minimum Gasteiger partial charge on any atom is -0.494 e. The number of rotatable bonds is 13. The van der Waals surface area contributed by atoms with Crippen molar-refractivity contribution in [1.29, 1.82) is 0 Å². The van der Waals surface area contributed by atoms with Crippen LogP contribution >= 0.6 is 0 Å². The molecule has 0 saturated heterocycles. The molecule has 2 aromatic heterocycles. The third kappa shape index (κ3) is 6.96. The van der Waals surface area contributed by atoms with Crippen LogP contribution in [-0.4, -0.2) is 41.5 Å². The molecule has 0 fully saturated rings. The second-order valence-electron chi connectivity index (χ2n) is 9.18.